The van der Waals surface area contributed by atoms with Crippen LogP contribution in [-0.2, 0) is 4.79 Å². The standard InChI is InChI=1S/C20H23BrFNO/c1-12-8-14(6-7-17(12)22)16-10-15(21)9-13(2)19(16)23-18(24)11-20(3,4)5/h6-10H,11H2,1-5H3,(H,23,24). The molecule has 0 bridgehead atoms. The van der Waals surface area contributed by atoms with E-state index in [1.807, 2.05) is 39.8 Å². The summed E-state index contributed by atoms with van der Waals surface area (Å²) in [5.74, 6) is -0.253. The average molecular weight is 392 g/mol. The Morgan fingerprint density at radius 3 is 2.38 bits per heavy atom. The van der Waals surface area contributed by atoms with Crippen molar-refractivity contribution in [3.8, 4) is 11.1 Å². The minimum absolute atomic E-state index is 0.0204. The summed E-state index contributed by atoms with van der Waals surface area (Å²) in [4.78, 5) is 12.4. The zero-order chi connectivity index (χ0) is 18.1. The first-order valence-electron chi connectivity index (χ1n) is 7.93. The summed E-state index contributed by atoms with van der Waals surface area (Å²) in [6.07, 6.45) is 0.435. The number of halogens is 2. The molecular weight excluding hydrogens is 369 g/mol. The summed E-state index contributed by atoms with van der Waals surface area (Å²) >= 11 is 3.51. The minimum atomic E-state index is -0.233. The fraction of sp³-hybridized carbons (Fsp3) is 0.350. The van der Waals surface area contributed by atoms with Crippen molar-refractivity contribution < 1.29 is 9.18 Å². The van der Waals surface area contributed by atoms with Gasteiger partial charge >= 0.3 is 0 Å². The van der Waals surface area contributed by atoms with Crippen molar-refractivity contribution in [2.75, 3.05) is 5.32 Å². The molecular formula is C20H23BrFNO. The third-order valence-corrected chi connectivity index (χ3v) is 4.18. The molecule has 0 aliphatic heterocycles. The molecule has 0 heterocycles. The van der Waals surface area contributed by atoms with Crippen molar-refractivity contribution in [2.45, 2.75) is 41.0 Å². The van der Waals surface area contributed by atoms with Gasteiger partial charge in [0.2, 0.25) is 5.91 Å². The first-order valence-corrected chi connectivity index (χ1v) is 8.72. The smallest absolute Gasteiger partial charge is 0.224 e. The van der Waals surface area contributed by atoms with Gasteiger partial charge in [0.25, 0.3) is 0 Å². The van der Waals surface area contributed by atoms with Gasteiger partial charge in [-0.1, -0.05) is 42.8 Å². The molecule has 0 spiro atoms. The van der Waals surface area contributed by atoms with E-state index in [-0.39, 0.29) is 17.1 Å². The van der Waals surface area contributed by atoms with Crippen LogP contribution in [0.5, 0.6) is 0 Å². The number of benzene rings is 2. The van der Waals surface area contributed by atoms with Crippen LogP contribution in [0.15, 0.2) is 34.8 Å². The van der Waals surface area contributed by atoms with Crippen LogP contribution >= 0.6 is 15.9 Å². The summed E-state index contributed by atoms with van der Waals surface area (Å²) in [7, 11) is 0. The molecule has 0 aliphatic carbocycles. The minimum Gasteiger partial charge on any atom is -0.325 e. The second-order valence-electron chi connectivity index (χ2n) is 7.39. The predicted octanol–water partition coefficient (Wildman–Crippen LogP) is 6.25. The number of hydrogen-bond donors (Lipinski definition) is 1. The molecule has 2 aromatic carbocycles. The van der Waals surface area contributed by atoms with Crippen LogP contribution in [0.2, 0.25) is 0 Å². The molecule has 2 rings (SSSR count). The Hall–Kier alpha value is -1.68. The van der Waals surface area contributed by atoms with Crippen LogP contribution in [0.3, 0.4) is 0 Å². The molecule has 0 saturated carbocycles. The van der Waals surface area contributed by atoms with Gasteiger partial charge in [-0.2, -0.15) is 0 Å². The Bertz CT molecular complexity index is 778. The van der Waals surface area contributed by atoms with E-state index in [9.17, 15) is 9.18 Å². The molecule has 1 amide bonds. The van der Waals surface area contributed by atoms with Gasteiger partial charge in [0, 0.05) is 16.5 Å². The third-order valence-electron chi connectivity index (χ3n) is 3.72. The molecule has 1 N–H and O–H groups in total. The maximum absolute atomic E-state index is 13.6. The normalized spacial score (nSPS) is 11.5. The Labute approximate surface area is 151 Å². The fourth-order valence-corrected chi connectivity index (χ4v) is 3.19. The quantitative estimate of drug-likeness (QED) is 0.658. The van der Waals surface area contributed by atoms with E-state index in [1.54, 1.807) is 19.1 Å². The van der Waals surface area contributed by atoms with Crippen LogP contribution in [0.1, 0.15) is 38.3 Å². The molecule has 0 unspecified atom stereocenters. The van der Waals surface area contributed by atoms with Crippen LogP contribution in [0, 0.1) is 25.1 Å². The van der Waals surface area contributed by atoms with Crippen LogP contribution in [0.4, 0.5) is 10.1 Å². The lowest BCUT2D eigenvalue weighted by atomic mass is 9.91. The Kier molecular flexibility index (Phi) is 5.49. The highest BCUT2D eigenvalue weighted by Crippen LogP contribution is 2.35. The first kappa shape index (κ1) is 18.7. The molecule has 0 aromatic heterocycles. The number of hydrogen-bond acceptors (Lipinski definition) is 1. The highest BCUT2D eigenvalue weighted by molar-refractivity contribution is 9.10. The molecule has 4 heteroatoms. The van der Waals surface area contributed by atoms with E-state index >= 15 is 0 Å². The van der Waals surface area contributed by atoms with Gasteiger partial charge in [-0.3, -0.25) is 4.79 Å². The van der Waals surface area contributed by atoms with E-state index < -0.39 is 0 Å². The van der Waals surface area contributed by atoms with Crippen LogP contribution in [-0.4, -0.2) is 5.91 Å². The molecule has 0 radical (unpaired) electrons. The van der Waals surface area contributed by atoms with Gasteiger partial charge in [0.05, 0.1) is 5.69 Å². The maximum atomic E-state index is 13.6. The SMILES string of the molecule is Cc1cc(-c2cc(Br)cc(C)c2NC(=O)CC(C)(C)C)ccc1F. The number of rotatable bonds is 3. The van der Waals surface area contributed by atoms with Gasteiger partial charge in [0.15, 0.2) is 0 Å². The molecule has 2 nitrogen and oxygen atoms in total. The second-order valence-corrected chi connectivity index (χ2v) is 8.31. The number of nitrogens with one attached hydrogen (secondary N) is 1. The highest BCUT2D eigenvalue weighted by Gasteiger charge is 2.19. The molecule has 0 atom stereocenters. The molecule has 0 aliphatic rings. The van der Waals surface area contributed by atoms with E-state index in [4.69, 9.17) is 0 Å². The number of carbonyl (C=O) groups is 1. The summed E-state index contributed by atoms with van der Waals surface area (Å²) in [5.41, 5.74) is 4.00. The highest BCUT2D eigenvalue weighted by atomic mass is 79.9. The average Bonchev–Trinajstić information content (AvgIpc) is 2.42. The van der Waals surface area contributed by atoms with E-state index in [0.29, 0.717) is 12.0 Å². The van der Waals surface area contributed by atoms with E-state index in [0.717, 1.165) is 26.9 Å². The largest absolute Gasteiger partial charge is 0.325 e. The monoisotopic (exact) mass is 391 g/mol. The van der Waals surface area contributed by atoms with Crippen molar-refractivity contribution in [3.05, 3.63) is 51.7 Å². The van der Waals surface area contributed by atoms with Crippen LogP contribution in [0.25, 0.3) is 11.1 Å². The topological polar surface area (TPSA) is 29.1 Å². The van der Waals surface area contributed by atoms with Gasteiger partial charge in [-0.15, -0.1) is 0 Å². The zero-order valence-corrected chi connectivity index (χ0v) is 16.3. The van der Waals surface area contributed by atoms with Gasteiger partial charge < -0.3 is 5.32 Å². The zero-order valence-electron chi connectivity index (χ0n) is 14.8. The lowest BCUT2D eigenvalue weighted by Crippen LogP contribution is -2.20. The fourth-order valence-electron chi connectivity index (χ4n) is 2.61. The number of carbonyl (C=O) groups excluding carboxylic acids is 1. The molecule has 128 valence electrons. The molecule has 24 heavy (non-hydrogen) atoms. The maximum Gasteiger partial charge on any atom is 0.224 e. The lowest BCUT2D eigenvalue weighted by Gasteiger charge is -2.20. The van der Waals surface area contributed by atoms with Crippen LogP contribution < -0.4 is 5.32 Å². The predicted molar refractivity (Wildman–Crippen MR) is 102 cm³/mol. The van der Waals surface area contributed by atoms with Gasteiger partial charge in [-0.05, 0) is 60.2 Å². The molecule has 0 fully saturated rings. The number of anilines is 1. The van der Waals surface area contributed by atoms with E-state index in [2.05, 4.69) is 21.2 Å². The Morgan fingerprint density at radius 2 is 1.79 bits per heavy atom. The Balaban J connectivity index is 2.47. The van der Waals surface area contributed by atoms with Gasteiger partial charge in [-0.25, -0.2) is 4.39 Å². The van der Waals surface area contributed by atoms with Crippen molar-refractivity contribution in [1.29, 1.82) is 0 Å². The van der Waals surface area contributed by atoms with Crippen molar-refractivity contribution in [2.24, 2.45) is 5.41 Å². The van der Waals surface area contributed by atoms with Gasteiger partial charge in [0.1, 0.15) is 5.82 Å². The summed E-state index contributed by atoms with van der Waals surface area (Å²) in [6, 6.07) is 8.92. The summed E-state index contributed by atoms with van der Waals surface area (Å²) in [5, 5.41) is 3.04. The van der Waals surface area contributed by atoms with Crippen molar-refractivity contribution >= 4 is 27.5 Å². The molecule has 0 saturated heterocycles. The second kappa shape index (κ2) is 7.06. The third kappa shape index (κ3) is 4.67. The first-order chi connectivity index (χ1) is 11.1. The lowest BCUT2D eigenvalue weighted by molar-refractivity contribution is -0.117. The Morgan fingerprint density at radius 1 is 1.12 bits per heavy atom. The molecule has 2 aromatic rings. The summed E-state index contributed by atoms with van der Waals surface area (Å²) in [6.45, 7) is 9.79. The van der Waals surface area contributed by atoms with Crippen molar-refractivity contribution in [3.63, 3.8) is 0 Å². The summed E-state index contributed by atoms with van der Waals surface area (Å²) < 4.78 is 14.5. The van der Waals surface area contributed by atoms with E-state index in [1.165, 1.54) is 6.07 Å². The van der Waals surface area contributed by atoms with Crippen molar-refractivity contribution in [1.82, 2.24) is 0 Å². The number of aryl methyl sites for hydroxylation is 2. The number of amides is 1.